The number of aromatic amines is 1. The molecule has 0 bridgehead atoms. The summed E-state index contributed by atoms with van der Waals surface area (Å²) in [5.41, 5.74) is 5.98. The lowest BCUT2D eigenvalue weighted by molar-refractivity contribution is 0.0773. The molecule has 2 aliphatic rings. The summed E-state index contributed by atoms with van der Waals surface area (Å²) in [7, 11) is 0. The molecular formula is C33H37FN8O. The number of anilines is 3. The zero-order valence-electron chi connectivity index (χ0n) is 25.0. The van der Waals surface area contributed by atoms with Crippen molar-refractivity contribution in [3.63, 3.8) is 0 Å². The van der Waals surface area contributed by atoms with E-state index in [0.717, 1.165) is 61.4 Å². The summed E-state index contributed by atoms with van der Waals surface area (Å²) in [6, 6.07) is 13.2. The monoisotopic (exact) mass is 580 g/mol. The molecule has 0 atom stereocenters. The number of halogens is 1. The number of hydrogen-bond donors (Lipinski definition) is 1. The number of nitrogens with zero attached hydrogens (tertiary/aromatic N) is 7. The molecule has 1 N–H and O–H groups in total. The first kappa shape index (κ1) is 28.6. The first-order valence-electron chi connectivity index (χ1n) is 15.1. The van der Waals surface area contributed by atoms with Crippen LogP contribution in [0.3, 0.4) is 0 Å². The summed E-state index contributed by atoms with van der Waals surface area (Å²) in [6.45, 7) is 11.3. The van der Waals surface area contributed by atoms with E-state index in [9.17, 15) is 14.4 Å². The van der Waals surface area contributed by atoms with E-state index in [-0.39, 0.29) is 5.91 Å². The molecule has 4 aromatic rings. The summed E-state index contributed by atoms with van der Waals surface area (Å²) < 4.78 is 14.4. The number of fused-ring (bicyclic) bond motifs is 2. The normalized spacial score (nSPS) is 15.9. The van der Waals surface area contributed by atoms with Gasteiger partial charge in [-0.15, -0.1) is 0 Å². The largest absolute Gasteiger partial charge is 0.350 e. The minimum Gasteiger partial charge on any atom is -0.350 e. The predicted molar refractivity (Wildman–Crippen MR) is 166 cm³/mol. The van der Waals surface area contributed by atoms with Crippen molar-refractivity contribution in [3.05, 3.63) is 77.1 Å². The molecule has 0 unspecified atom stereocenters. The molecule has 1 fully saturated rings. The maximum absolute atomic E-state index is 14.4. The van der Waals surface area contributed by atoms with Gasteiger partial charge in [0, 0.05) is 62.8 Å². The van der Waals surface area contributed by atoms with Crippen LogP contribution < -0.4 is 9.80 Å². The highest BCUT2D eigenvalue weighted by Gasteiger charge is 2.34. The number of rotatable bonds is 7. The van der Waals surface area contributed by atoms with Gasteiger partial charge in [0.15, 0.2) is 5.82 Å². The minimum absolute atomic E-state index is 0.177. The number of piperidine rings is 1. The van der Waals surface area contributed by atoms with Crippen molar-refractivity contribution in [3.8, 4) is 6.07 Å². The Kier molecular flexibility index (Phi) is 8.00. The van der Waals surface area contributed by atoms with Crippen LogP contribution in [-0.2, 0) is 6.54 Å². The van der Waals surface area contributed by atoms with Gasteiger partial charge in [-0.2, -0.15) is 5.26 Å². The van der Waals surface area contributed by atoms with Gasteiger partial charge in [0.2, 0.25) is 0 Å². The Morgan fingerprint density at radius 1 is 1.09 bits per heavy atom. The minimum atomic E-state index is -0.427. The van der Waals surface area contributed by atoms with Crippen LogP contribution in [0.25, 0.3) is 10.9 Å². The second kappa shape index (κ2) is 12.0. The van der Waals surface area contributed by atoms with Gasteiger partial charge in [0.05, 0.1) is 17.4 Å². The molecule has 9 nitrogen and oxygen atoms in total. The van der Waals surface area contributed by atoms with Crippen LogP contribution in [0, 0.1) is 24.1 Å². The molecular weight excluding hydrogens is 543 g/mol. The average Bonchev–Trinajstić information content (AvgIpc) is 3.47. The van der Waals surface area contributed by atoms with Gasteiger partial charge in [-0.3, -0.25) is 9.69 Å². The summed E-state index contributed by atoms with van der Waals surface area (Å²) in [5.74, 6) is 0.251. The highest BCUT2D eigenvalue weighted by Crippen LogP contribution is 2.39. The number of nitrogens with one attached hydrogen (secondary N) is 1. The van der Waals surface area contributed by atoms with Crippen molar-refractivity contribution in [2.45, 2.75) is 46.2 Å². The molecule has 43 heavy (non-hydrogen) atoms. The molecule has 0 spiro atoms. The summed E-state index contributed by atoms with van der Waals surface area (Å²) in [5, 5.41) is 10.4. The maximum Gasteiger partial charge on any atom is 0.256 e. The van der Waals surface area contributed by atoms with Crippen molar-refractivity contribution < 1.29 is 9.18 Å². The lowest BCUT2D eigenvalue weighted by atomic mass is 9.99. The number of amides is 1. The molecule has 0 radical (unpaired) electrons. The van der Waals surface area contributed by atoms with Crippen molar-refractivity contribution in [1.29, 1.82) is 5.26 Å². The summed E-state index contributed by atoms with van der Waals surface area (Å²) >= 11 is 0. The Morgan fingerprint density at radius 3 is 2.63 bits per heavy atom. The summed E-state index contributed by atoms with van der Waals surface area (Å²) in [4.78, 5) is 34.3. The number of nitriles is 1. The second-order valence-electron chi connectivity index (χ2n) is 11.3. The van der Waals surface area contributed by atoms with Gasteiger partial charge in [0.1, 0.15) is 29.6 Å². The molecule has 1 saturated heterocycles. The quantitative estimate of drug-likeness (QED) is 0.314. The molecule has 4 heterocycles. The maximum atomic E-state index is 14.4. The van der Waals surface area contributed by atoms with Crippen LogP contribution in [0.2, 0.25) is 0 Å². The Hall–Kier alpha value is -4.49. The smallest absolute Gasteiger partial charge is 0.256 e. The Bertz CT molecular complexity index is 1680. The van der Waals surface area contributed by atoms with Gasteiger partial charge in [-0.25, -0.2) is 14.4 Å². The van der Waals surface area contributed by atoms with Gasteiger partial charge < -0.3 is 19.7 Å². The van der Waals surface area contributed by atoms with Crippen molar-refractivity contribution in [2.24, 2.45) is 0 Å². The Balaban J connectivity index is 1.19. The summed E-state index contributed by atoms with van der Waals surface area (Å²) in [6.07, 6.45) is 5.40. The van der Waals surface area contributed by atoms with E-state index in [1.54, 1.807) is 23.5 Å². The molecule has 2 aromatic carbocycles. The Labute approximate surface area is 251 Å². The standard InChI is InChI=1S/C33H37FN8O/c1-4-40(5-2)33(43)28-16-24(34)7-9-30(28)42-15-14-41(32-31(42)19-36-21-37-32)26-10-12-39(13-11-26)20-23-6-8-29-27(22(23)3)17-25(18-35)38-29/h6-9,16-17,19,21,26,38H,4-5,10-15,20H2,1-3H3. The number of H-pyrrole nitrogens is 1. The highest BCUT2D eigenvalue weighted by atomic mass is 19.1. The van der Waals surface area contributed by atoms with E-state index >= 15 is 0 Å². The van der Waals surface area contributed by atoms with Crippen LogP contribution in [-0.4, -0.2) is 76.0 Å². The highest BCUT2D eigenvalue weighted by molar-refractivity contribution is 6.01. The molecule has 1 amide bonds. The number of benzene rings is 2. The number of hydrogen-bond acceptors (Lipinski definition) is 7. The van der Waals surface area contributed by atoms with Gasteiger partial charge in [-0.1, -0.05) is 6.07 Å². The molecule has 10 heteroatoms. The molecule has 6 rings (SSSR count). The third kappa shape index (κ3) is 5.41. The fraction of sp³-hybridized carbons (Fsp3) is 0.394. The fourth-order valence-electron chi connectivity index (χ4n) is 6.62. The van der Waals surface area contributed by atoms with E-state index in [1.807, 2.05) is 19.9 Å². The van der Waals surface area contributed by atoms with Crippen LogP contribution in [0.15, 0.2) is 48.9 Å². The number of carbonyl (C=O) groups is 1. The third-order valence-corrected chi connectivity index (χ3v) is 9.03. The van der Waals surface area contributed by atoms with Crippen LogP contribution in [0.4, 0.5) is 21.6 Å². The van der Waals surface area contributed by atoms with E-state index < -0.39 is 5.82 Å². The SMILES string of the molecule is CCN(CC)C(=O)c1cc(F)ccc1N1CCN(C2CCN(Cc3ccc4[nH]c(C#N)cc4c3C)CC2)c2ncncc21. The molecule has 2 aliphatic heterocycles. The lowest BCUT2D eigenvalue weighted by Crippen LogP contribution is -2.50. The lowest BCUT2D eigenvalue weighted by Gasteiger charge is -2.44. The Morgan fingerprint density at radius 2 is 1.88 bits per heavy atom. The number of carbonyl (C=O) groups excluding carboxylic acids is 1. The molecule has 0 aliphatic carbocycles. The molecule has 222 valence electrons. The van der Waals surface area contributed by atoms with Crippen LogP contribution >= 0.6 is 0 Å². The zero-order valence-corrected chi connectivity index (χ0v) is 25.0. The first-order chi connectivity index (χ1) is 20.9. The topological polar surface area (TPSA) is 95.4 Å². The second-order valence-corrected chi connectivity index (χ2v) is 11.3. The predicted octanol–water partition coefficient (Wildman–Crippen LogP) is 5.38. The van der Waals surface area contributed by atoms with E-state index in [2.05, 4.69) is 49.8 Å². The van der Waals surface area contributed by atoms with Crippen molar-refractivity contribution >= 4 is 34.0 Å². The first-order valence-corrected chi connectivity index (χ1v) is 15.1. The van der Waals surface area contributed by atoms with Crippen LogP contribution in [0.1, 0.15) is 53.9 Å². The van der Waals surface area contributed by atoms with Crippen molar-refractivity contribution in [2.75, 3.05) is 49.1 Å². The fourth-order valence-corrected chi connectivity index (χ4v) is 6.62. The van der Waals surface area contributed by atoms with Gasteiger partial charge >= 0.3 is 0 Å². The zero-order chi connectivity index (χ0) is 30.1. The third-order valence-electron chi connectivity index (χ3n) is 9.03. The number of aryl methyl sites for hydroxylation is 1. The van der Waals surface area contributed by atoms with E-state index in [4.69, 9.17) is 4.98 Å². The molecule has 2 aromatic heterocycles. The molecule has 0 saturated carbocycles. The van der Waals surface area contributed by atoms with Crippen molar-refractivity contribution in [1.82, 2.24) is 24.8 Å². The number of aromatic nitrogens is 3. The average molecular weight is 581 g/mol. The van der Waals surface area contributed by atoms with E-state index in [0.29, 0.717) is 42.6 Å². The van der Waals surface area contributed by atoms with Gasteiger partial charge in [-0.05, 0) is 75.1 Å². The number of likely N-dealkylation sites (tertiary alicyclic amines) is 1. The van der Waals surface area contributed by atoms with E-state index in [1.165, 1.54) is 23.3 Å². The van der Waals surface area contributed by atoms with Gasteiger partial charge in [0.25, 0.3) is 5.91 Å². The van der Waals surface area contributed by atoms with Crippen LogP contribution in [0.5, 0.6) is 0 Å².